The van der Waals surface area contributed by atoms with Crippen LogP contribution in [0.15, 0.2) is 18.2 Å². The van der Waals surface area contributed by atoms with Gasteiger partial charge in [0, 0.05) is 5.54 Å². The Hall–Kier alpha value is -0.890. The number of nitrogens with two attached hydrogens (primary N) is 1. The molecule has 0 saturated heterocycles. The monoisotopic (exact) mass is 207 g/mol. The Bertz CT molecular complexity index is 375. The fourth-order valence-corrected chi connectivity index (χ4v) is 2.54. The molecule has 1 saturated carbocycles. The van der Waals surface area contributed by atoms with Crippen molar-refractivity contribution in [1.29, 1.82) is 0 Å². The van der Waals surface area contributed by atoms with Gasteiger partial charge in [-0.3, -0.25) is 0 Å². The third-order valence-corrected chi connectivity index (χ3v) is 3.48. The second-order valence-electron chi connectivity index (χ2n) is 4.69. The molecule has 1 aromatic rings. The van der Waals surface area contributed by atoms with Crippen LogP contribution in [0.4, 0.5) is 4.39 Å². The lowest BCUT2D eigenvalue weighted by Gasteiger charge is -2.15. The molecule has 2 unspecified atom stereocenters. The second kappa shape index (κ2) is 3.60. The van der Waals surface area contributed by atoms with Gasteiger partial charge >= 0.3 is 0 Å². The van der Waals surface area contributed by atoms with Crippen molar-refractivity contribution < 1.29 is 4.39 Å². The Morgan fingerprint density at radius 2 is 2.27 bits per heavy atom. The quantitative estimate of drug-likeness (QED) is 0.809. The predicted molar refractivity (Wildman–Crippen MR) is 60.0 cm³/mol. The number of hydrogen-bond donors (Lipinski definition) is 1. The first-order valence-corrected chi connectivity index (χ1v) is 5.63. The first kappa shape index (κ1) is 10.6. The minimum Gasteiger partial charge on any atom is -0.321 e. The summed E-state index contributed by atoms with van der Waals surface area (Å²) in [5, 5.41) is 0. The van der Waals surface area contributed by atoms with E-state index in [-0.39, 0.29) is 11.4 Å². The van der Waals surface area contributed by atoms with Gasteiger partial charge in [-0.15, -0.1) is 0 Å². The number of hydrogen-bond acceptors (Lipinski definition) is 1. The molecule has 1 aliphatic carbocycles. The molecular formula is C13H18FN. The number of halogens is 1. The maximum Gasteiger partial charge on any atom is 0.123 e. The zero-order valence-corrected chi connectivity index (χ0v) is 9.39. The molecule has 0 heterocycles. The minimum atomic E-state index is -0.174. The van der Waals surface area contributed by atoms with Crippen molar-refractivity contribution in [1.82, 2.24) is 0 Å². The zero-order chi connectivity index (χ0) is 11.1. The molecule has 2 atom stereocenters. The fraction of sp³-hybridized carbons (Fsp3) is 0.538. The highest BCUT2D eigenvalue weighted by Crippen LogP contribution is 2.52. The maximum absolute atomic E-state index is 13.0. The molecule has 1 fully saturated rings. The summed E-state index contributed by atoms with van der Waals surface area (Å²) in [4.78, 5) is 0. The van der Waals surface area contributed by atoms with Crippen molar-refractivity contribution in [3.8, 4) is 0 Å². The number of rotatable bonds is 3. The van der Waals surface area contributed by atoms with Crippen molar-refractivity contribution >= 4 is 0 Å². The molecule has 2 N–H and O–H groups in total. The van der Waals surface area contributed by atoms with Crippen molar-refractivity contribution in [2.24, 2.45) is 11.7 Å². The molecule has 0 bridgehead atoms. The number of benzene rings is 1. The summed E-state index contributed by atoms with van der Waals surface area (Å²) >= 11 is 0. The van der Waals surface area contributed by atoms with Gasteiger partial charge in [0.1, 0.15) is 5.82 Å². The van der Waals surface area contributed by atoms with Crippen molar-refractivity contribution in [3.05, 3.63) is 35.1 Å². The highest BCUT2D eigenvalue weighted by atomic mass is 19.1. The summed E-state index contributed by atoms with van der Waals surface area (Å²) in [7, 11) is 0. The molecule has 0 radical (unpaired) electrons. The Morgan fingerprint density at radius 3 is 2.87 bits per heavy atom. The third kappa shape index (κ3) is 1.78. The van der Waals surface area contributed by atoms with E-state index in [9.17, 15) is 4.39 Å². The summed E-state index contributed by atoms with van der Waals surface area (Å²) in [6.45, 7) is 4.12. The fourth-order valence-electron chi connectivity index (χ4n) is 2.54. The minimum absolute atomic E-state index is 0.173. The lowest BCUT2D eigenvalue weighted by Crippen LogP contribution is -2.23. The van der Waals surface area contributed by atoms with Gasteiger partial charge in [0.25, 0.3) is 0 Å². The molecule has 1 aliphatic rings. The van der Waals surface area contributed by atoms with Gasteiger partial charge in [0.05, 0.1) is 0 Å². The summed E-state index contributed by atoms with van der Waals surface area (Å²) in [5.41, 5.74) is 8.26. The first-order chi connectivity index (χ1) is 7.08. The van der Waals surface area contributed by atoms with Crippen LogP contribution in [0, 0.1) is 18.7 Å². The van der Waals surface area contributed by atoms with Crippen LogP contribution < -0.4 is 5.73 Å². The zero-order valence-electron chi connectivity index (χ0n) is 9.39. The largest absolute Gasteiger partial charge is 0.321 e. The molecule has 82 valence electrons. The highest BCUT2D eigenvalue weighted by molar-refractivity contribution is 5.38. The van der Waals surface area contributed by atoms with E-state index < -0.39 is 0 Å². The predicted octanol–water partition coefficient (Wildman–Crippen LogP) is 3.11. The normalized spacial score (nSPS) is 29.2. The molecule has 2 heteroatoms. The molecular weight excluding hydrogens is 189 g/mol. The van der Waals surface area contributed by atoms with Gasteiger partial charge in [-0.05, 0) is 48.9 Å². The van der Waals surface area contributed by atoms with E-state index in [4.69, 9.17) is 5.73 Å². The number of aryl methyl sites for hydroxylation is 1. The summed E-state index contributed by atoms with van der Waals surface area (Å²) in [5.74, 6) is 0.416. The Labute approximate surface area is 90.5 Å². The van der Waals surface area contributed by atoms with Crippen LogP contribution in [0.5, 0.6) is 0 Å². The van der Waals surface area contributed by atoms with Crippen LogP contribution in [0.2, 0.25) is 0 Å². The van der Waals surface area contributed by atoms with E-state index >= 15 is 0 Å². The summed E-state index contributed by atoms with van der Waals surface area (Å²) in [6, 6.07) is 4.93. The van der Waals surface area contributed by atoms with Crippen molar-refractivity contribution in [2.75, 3.05) is 0 Å². The Kier molecular flexibility index (Phi) is 2.55. The summed E-state index contributed by atoms with van der Waals surface area (Å²) < 4.78 is 13.0. The molecule has 0 spiro atoms. The average Bonchev–Trinajstić information content (AvgIpc) is 2.78. The highest BCUT2D eigenvalue weighted by Gasteiger charge is 2.51. The van der Waals surface area contributed by atoms with Crippen LogP contribution in [0.25, 0.3) is 0 Å². The van der Waals surface area contributed by atoms with E-state index in [1.807, 2.05) is 13.0 Å². The van der Waals surface area contributed by atoms with Gasteiger partial charge in [-0.25, -0.2) is 4.39 Å². The SMILES string of the molecule is CCCC1CC1(N)c1ccc(F)cc1C. The van der Waals surface area contributed by atoms with Gasteiger partial charge < -0.3 is 5.73 Å². The van der Waals surface area contributed by atoms with Crippen molar-refractivity contribution in [3.63, 3.8) is 0 Å². The van der Waals surface area contributed by atoms with Crippen LogP contribution >= 0.6 is 0 Å². The average molecular weight is 207 g/mol. The first-order valence-electron chi connectivity index (χ1n) is 5.63. The maximum atomic E-state index is 13.0. The van der Waals surface area contributed by atoms with E-state index in [2.05, 4.69) is 6.92 Å². The van der Waals surface area contributed by atoms with E-state index in [1.54, 1.807) is 6.07 Å². The molecule has 0 aliphatic heterocycles. The van der Waals surface area contributed by atoms with Crippen LogP contribution in [0.1, 0.15) is 37.3 Å². The molecule has 1 aromatic carbocycles. The topological polar surface area (TPSA) is 26.0 Å². The van der Waals surface area contributed by atoms with Crippen molar-refractivity contribution in [2.45, 2.75) is 38.6 Å². The molecule has 15 heavy (non-hydrogen) atoms. The molecule has 0 aromatic heterocycles. The molecule has 2 rings (SSSR count). The van der Waals surface area contributed by atoms with Crippen LogP contribution in [-0.2, 0) is 5.54 Å². The van der Waals surface area contributed by atoms with E-state index in [0.29, 0.717) is 5.92 Å². The second-order valence-corrected chi connectivity index (χ2v) is 4.69. The van der Waals surface area contributed by atoms with Crippen LogP contribution in [0.3, 0.4) is 0 Å². The molecule has 0 amide bonds. The van der Waals surface area contributed by atoms with E-state index in [1.165, 1.54) is 18.9 Å². The van der Waals surface area contributed by atoms with Gasteiger partial charge in [-0.2, -0.15) is 0 Å². The van der Waals surface area contributed by atoms with Gasteiger partial charge in [-0.1, -0.05) is 19.4 Å². The van der Waals surface area contributed by atoms with Crippen LogP contribution in [-0.4, -0.2) is 0 Å². The van der Waals surface area contributed by atoms with E-state index in [0.717, 1.165) is 17.5 Å². The lowest BCUT2D eigenvalue weighted by molar-refractivity contribution is 0.576. The Balaban J connectivity index is 2.24. The van der Waals surface area contributed by atoms with Gasteiger partial charge in [0.2, 0.25) is 0 Å². The third-order valence-electron chi connectivity index (χ3n) is 3.48. The molecule has 1 nitrogen and oxygen atoms in total. The summed E-state index contributed by atoms with van der Waals surface area (Å²) in [6.07, 6.45) is 3.39. The van der Waals surface area contributed by atoms with Gasteiger partial charge in [0.15, 0.2) is 0 Å². The lowest BCUT2D eigenvalue weighted by atomic mass is 9.97. The Morgan fingerprint density at radius 1 is 1.53 bits per heavy atom. The smallest absolute Gasteiger partial charge is 0.123 e. The standard InChI is InChI=1S/C13H18FN/c1-3-4-10-8-13(10,15)12-6-5-11(14)7-9(12)2/h5-7,10H,3-4,8,15H2,1-2H3.